The first-order chi connectivity index (χ1) is 10.8. The second kappa shape index (κ2) is 12.3. The lowest BCUT2D eigenvalue weighted by molar-refractivity contribution is -0.870. The molecular formula is C18H37N2O3+. The molecule has 5 heteroatoms. The summed E-state index contributed by atoms with van der Waals surface area (Å²) in [4.78, 5) is 23.6. The summed E-state index contributed by atoms with van der Waals surface area (Å²) in [6.45, 7) is 5.43. The van der Waals surface area contributed by atoms with Gasteiger partial charge >= 0.3 is 5.97 Å². The fourth-order valence-electron chi connectivity index (χ4n) is 2.27. The zero-order chi connectivity index (χ0) is 17.7. The van der Waals surface area contributed by atoms with E-state index in [1.807, 2.05) is 0 Å². The van der Waals surface area contributed by atoms with Crippen LogP contribution in [0.25, 0.3) is 0 Å². The van der Waals surface area contributed by atoms with Crippen LogP contribution in [-0.2, 0) is 14.3 Å². The van der Waals surface area contributed by atoms with Crippen LogP contribution in [0.3, 0.4) is 0 Å². The first-order valence-electron chi connectivity index (χ1n) is 9.04. The minimum atomic E-state index is -0.702. The fourth-order valence-corrected chi connectivity index (χ4v) is 2.27. The third kappa shape index (κ3) is 14.2. The van der Waals surface area contributed by atoms with Crippen LogP contribution in [0.5, 0.6) is 0 Å². The number of amides is 1. The molecule has 0 saturated heterocycles. The predicted molar refractivity (Wildman–Crippen MR) is 94.1 cm³/mol. The molecule has 0 aliphatic heterocycles. The first kappa shape index (κ1) is 21.9. The van der Waals surface area contributed by atoms with Crippen LogP contribution in [0.4, 0.5) is 0 Å². The number of rotatable bonds is 13. The Morgan fingerprint density at radius 3 is 2.22 bits per heavy atom. The van der Waals surface area contributed by atoms with Gasteiger partial charge in [0.15, 0.2) is 6.10 Å². The van der Waals surface area contributed by atoms with Crippen molar-refractivity contribution >= 4 is 11.9 Å². The summed E-state index contributed by atoms with van der Waals surface area (Å²) in [6.07, 6.45) is 7.41. The van der Waals surface area contributed by atoms with Crippen LogP contribution in [-0.4, -0.2) is 56.7 Å². The zero-order valence-electron chi connectivity index (χ0n) is 15.8. The minimum absolute atomic E-state index is 0.206. The van der Waals surface area contributed by atoms with Gasteiger partial charge in [-0.15, -0.1) is 0 Å². The molecule has 0 aliphatic rings. The van der Waals surface area contributed by atoms with Crippen LogP contribution in [0.15, 0.2) is 0 Å². The number of nitrogens with zero attached hydrogens (tertiary/aromatic N) is 1. The van der Waals surface area contributed by atoms with Crippen LogP contribution >= 0.6 is 0 Å². The number of quaternary nitrogens is 1. The van der Waals surface area contributed by atoms with Gasteiger partial charge in [-0.1, -0.05) is 39.0 Å². The molecule has 0 saturated carbocycles. The van der Waals surface area contributed by atoms with E-state index in [0.717, 1.165) is 30.3 Å². The van der Waals surface area contributed by atoms with Crippen LogP contribution in [0, 0.1) is 0 Å². The molecule has 0 radical (unpaired) electrons. The average molecular weight is 330 g/mol. The van der Waals surface area contributed by atoms with Crippen molar-refractivity contribution in [3.05, 3.63) is 0 Å². The number of carbonyl (C=O) groups excluding carboxylic acids is 2. The van der Waals surface area contributed by atoms with Gasteiger partial charge in [0, 0.05) is 19.4 Å². The van der Waals surface area contributed by atoms with Crippen LogP contribution in [0.2, 0.25) is 0 Å². The number of esters is 1. The maximum Gasteiger partial charge on any atom is 0.306 e. The number of hydrogen-bond donors (Lipinski definition) is 1. The highest BCUT2D eigenvalue weighted by molar-refractivity contribution is 5.83. The molecule has 0 aromatic carbocycles. The molecule has 0 spiro atoms. The molecule has 136 valence electrons. The molecule has 0 aliphatic carbocycles. The van der Waals surface area contributed by atoms with E-state index in [4.69, 9.17) is 4.74 Å². The third-order valence-electron chi connectivity index (χ3n) is 3.72. The Morgan fingerprint density at radius 1 is 1.00 bits per heavy atom. The van der Waals surface area contributed by atoms with Gasteiger partial charge in [0.05, 0.1) is 27.7 Å². The van der Waals surface area contributed by atoms with Gasteiger partial charge < -0.3 is 14.5 Å². The average Bonchev–Trinajstić information content (AvgIpc) is 2.46. The second-order valence-corrected chi connectivity index (χ2v) is 7.31. The molecule has 1 N–H and O–H groups in total. The second-order valence-electron chi connectivity index (χ2n) is 7.31. The smallest absolute Gasteiger partial charge is 0.306 e. The normalized spacial score (nSPS) is 12.7. The third-order valence-corrected chi connectivity index (χ3v) is 3.72. The lowest BCUT2D eigenvalue weighted by atomic mass is 10.1. The minimum Gasteiger partial charge on any atom is -0.453 e. The van der Waals surface area contributed by atoms with Crippen molar-refractivity contribution < 1.29 is 18.8 Å². The summed E-state index contributed by atoms with van der Waals surface area (Å²) >= 11 is 0. The highest BCUT2D eigenvalue weighted by Gasteiger charge is 2.17. The van der Waals surface area contributed by atoms with Gasteiger partial charge in [-0.05, 0) is 13.3 Å². The highest BCUT2D eigenvalue weighted by atomic mass is 16.5. The Bertz CT molecular complexity index is 338. The van der Waals surface area contributed by atoms with Crippen LogP contribution in [0.1, 0.15) is 65.2 Å². The molecule has 23 heavy (non-hydrogen) atoms. The Labute approximate surface area is 142 Å². The Balaban J connectivity index is 3.71. The van der Waals surface area contributed by atoms with Gasteiger partial charge in [-0.25, -0.2) is 0 Å². The van der Waals surface area contributed by atoms with Crippen molar-refractivity contribution in [2.45, 2.75) is 71.3 Å². The lowest BCUT2D eigenvalue weighted by Gasteiger charge is -2.23. The van der Waals surface area contributed by atoms with Crippen molar-refractivity contribution in [2.24, 2.45) is 0 Å². The lowest BCUT2D eigenvalue weighted by Crippen LogP contribution is -2.40. The summed E-state index contributed by atoms with van der Waals surface area (Å²) in [5.41, 5.74) is 0. The van der Waals surface area contributed by atoms with Crippen LogP contribution < -0.4 is 5.32 Å². The van der Waals surface area contributed by atoms with Gasteiger partial charge in [-0.2, -0.15) is 0 Å². The molecule has 0 heterocycles. The molecule has 0 aromatic heterocycles. The van der Waals surface area contributed by atoms with Gasteiger partial charge in [0.2, 0.25) is 0 Å². The maximum absolute atomic E-state index is 11.9. The van der Waals surface area contributed by atoms with Crippen molar-refractivity contribution in [3.63, 3.8) is 0 Å². The van der Waals surface area contributed by atoms with E-state index in [1.165, 1.54) is 25.7 Å². The van der Waals surface area contributed by atoms with Crippen molar-refractivity contribution in [1.29, 1.82) is 0 Å². The topological polar surface area (TPSA) is 55.4 Å². The summed E-state index contributed by atoms with van der Waals surface area (Å²) in [7, 11) is 6.36. The van der Waals surface area contributed by atoms with E-state index < -0.39 is 6.10 Å². The molecule has 0 rings (SSSR count). The summed E-state index contributed by atoms with van der Waals surface area (Å²) < 4.78 is 6.06. The molecule has 0 bridgehead atoms. The largest absolute Gasteiger partial charge is 0.453 e. The number of unbranched alkanes of at least 4 members (excludes halogenated alkanes) is 5. The molecule has 0 aromatic rings. The fraction of sp³-hybridized carbons (Fsp3) is 0.889. The molecule has 0 fully saturated rings. The first-order valence-corrected chi connectivity index (χ1v) is 9.04. The summed E-state index contributed by atoms with van der Waals surface area (Å²) in [6, 6.07) is 0. The van der Waals surface area contributed by atoms with Crippen molar-refractivity contribution in [2.75, 3.05) is 34.2 Å². The Hall–Kier alpha value is -1.10. The number of hydrogen-bond acceptors (Lipinski definition) is 3. The van der Waals surface area contributed by atoms with E-state index in [1.54, 1.807) is 6.92 Å². The quantitative estimate of drug-likeness (QED) is 0.321. The number of ether oxygens (including phenoxy) is 1. The molecule has 5 nitrogen and oxygen atoms in total. The SMILES string of the molecule is CCCCCCCCC(=O)OC(C)C(=O)NCCC[N+](C)(C)C. The molecular weight excluding hydrogens is 292 g/mol. The van der Waals surface area contributed by atoms with E-state index >= 15 is 0 Å². The van der Waals surface area contributed by atoms with E-state index in [0.29, 0.717) is 13.0 Å². The molecule has 1 unspecified atom stereocenters. The highest BCUT2D eigenvalue weighted by Crippen LogP contribution is 2.08. The Morgan fingerprint density at radius 2 is 1.61 bits per heavy atom. The van der Waals surface area contributed by atoms with Gasteiger partial charge in [-0.3, -0.25) is 9.59 Å². The van der Waals surface area contributed by atoms with Crippen molar-refractivity contribution in [3.8, 4) is 0 Å². The molecule has 1 amide bonds. The summed E-state index contributed by atoms with van der Waals surface area (Å²) in [5.74, 6) is -0.475. The van der Waals surface area contributed by atoms with Gasteiger partial charge in [0.25, 0.3) is 5.91 Å². The van der Waals surface area contributed by atoms with E-state index in [9.17, 15) is 9.59 Å². The maximum atomic E-state index is 11.9. The summed E-state index contributed by atoms with van der Waals surface area (Å²) in [5, 5.41) is 2.82. The number of nitrogens with one attached hydrogen (secondary N) is 1. The van der Waals surface area contributed by atoms with Crippen molar-refractivity contribution in [1.82, 2.24) is 5.32 Å². The number of carbonyl (C=O) groups is 2. The monoisotopic (exact) mass is 329 g/mol. The standard InChI is InChI=1S/C18H36N2O3/c1-6-7-8-9-10-11-13-17(21)23-16(2)18(22)19-14-12-15-20(3,4)5/h16H,6-15H2,1-5H3/p+1. The Kier molecular flexibility index (Phi) is 11.7. The predicted octanol–water partition coefficient (Wildman–Crippen LogP) is 2.88. The van der Waals surface area contributed by atoms with E-state index in [-0.39, 0.29) is 11.9 Å². The van der Waals surface area contributed by atoms with E-state index in [2.05, 4.69) is 33.4 Å². The zero-order valence-corrected chi connectivity index (χ0v) is 15.8. The molecule has 1 atom stereocenters. The van der Waals surface area contributed by atoms with Gasteiger partial charge in [0.1, 0.15) is 0 Å².